The third-order valence-corrected chi connectivity index (χ3v) is 5.08. The lowest BCUT2D eigenvalue weighted by molar-refractivity contribution is -0.122. The Hall–Kier alpha value is -2.18. The average Bonchev–Trinajstić information content (AvgIpc) is 3.04. The second-order valence-corrected chi connectivity index (χ2v) is 6.82. The normalized spacial score (nSPS) is 15.5. The number of nitrogens with one attached hydrogen (secondary N) is 1. The molecule has 3 rings (SSSR count). The number of fused-ring (bicyclic) bond motifs is 1. The van der Waals surface area contributed by atoms with Gasteiger partial charge in [-0.15, -0.1) is 0 Å². The van der Waals surface area contributed by atoms with Gasteiger partial charge in [-0.2, -0.15) is 5.10 Å². The van der Waals surface area contributed by atoms with Crippen molar-refractivity contribution in [3.05, 3.63) is 52.8 Å². The van der Waals surface area contributed by atoms with Gasteiger partial charge in [-0.25, -0.2) is 0 Å². The Kier molecular flexibility index (Phi) is 6.06. The fourth-order valence-electron chi connectivity index (χ4n) is 3.60. The van der Waals surface area contributed by atoms with E-state index in [4.69, 9.17) is 0 Å². The number of carbonyl (C=O) groups excluding carboxylic acids is 1. The maximum atomic E-state index is 12.3. The van der Waals surface area contributed by atoms with Crippen molar-refractivity contribution in [1.82, 2.24) is 20.0 Å². The SMILES string of the molecule is CCn1nc(CO)c2c1CCN(CCC(=O)NC(C)c1ccccc1)C2. The van der Waals surface area contributed by atoms with Crippen LogP contribution in [0, 0.1) is 0 Å². The number of benzene rings is 1. The molecule has 0 spiro atoms. The molecule has 1 aromatic carbocycles. The zero-order valence-electron chi connectivity index (χ0n) is 15.6. The maximum absolute atomic E-state index is 12.3. The van der Waals surface area contributed by atoms with Crippen molar-refractivity contribution in [3.8, 4) is 0 Å². The first-order valence-corrected chi connectivity index (χ1v) is 9.37. The predicted octanol–water partition coefficient (Wildman–Crippen LogP) is 2.02. The van der Waals surface area contributed by atoms with Gasteiger partial charge in [0.15, 0.2) is 0 Å². The summed E-state index contributed by atoms with van der Waals surface area (Å²) in [4.78, 5) is 14.6. The number of nitrogens with zero attached hydrogens (tertiary/aromatic N) is 3. The summed E-state index contributed by atoms with van der Waals surface area (Å²) >= 11 is 0. The first-order chi connectivity index (χ1) is 12.6. The highest BCUT2D eigenvalue weighted by molar-refractivity contribution is 5.76. The Labute approximate surface area is 154 Å². The van der Waals surface area contributed by atoms with Crippen LogP contribution in [0.25, 0.3) is 0 Å². The Morgan fingerprint density at radius 2 is 2.12 bits per heavy atom. The molecule has 0 fully saturated rings. The molecule has 0 bridgehead atoms. The molecule has 6 nitrogen and oxygen atoms in total. The summed E-state index contributed by atoms with van der Waals surface area (Å²) in [7, 11) is 0. The van der Waals surface area contributed by atoms with E-state index in [1.165, 1.54) is 5.69 Å². The first-order valence-electron chi connectivity index (χ1n) is 9.37. The third kappa shape index (κ3) is 4.14. The van der Waals surface area contributed by atoms with Crippen LogP contribution in [0.5, 0.6) is 0 Å². The molecule has 2 N–H and O–H groups in total. The Balaban J connectivity index is 1.53. The molecular formula is C20H28N4O2. The molecule has 26 heavy (non-hydrogen) atoms. The van der Waals surface area contributed by atoms with Crippen molar-refractivity contribution in [2.45, 2.75) is 52.4 Å². The zero-order chi connectivity index (χ0) is 18.5. The lowest BCUT2D eigenvalue weighted by Gasteiger charge is -2.27. The number of aliphatic hydroxyl groups excluding tert-OH is 1. The van der Waals surface area contributed by atoms with Crippen LogP contribution in [0.2, 0.25) is 0 Å². The molecular weight excluding hydrogens is 328 g/mol. The zero-order valence-corrected chi connectivity index (χ0v) is 15.6. The third-order valence-electron chi connectivity index (χ3n) is 5.08. The van der Waals surface area contributed by atoms with Gasteiger partial charge in [0.25, 0.3) is 0 Å². The van der Waals surface area contributed by atoms with Gasteiger partial charge in [0.2, 0.25) is 5.91 Å². The Morgan fingerprint density at radius 3 is 2.81 bits per heavy atom. The number of carbonyl (C=O) groups is 1. The number of hydrogen-bond acceptors (Lipinski definition) is 4. The van der Waals surface area contributed by atoms with Crippen molar-refractivity contribution in [3.63, 3.8) is 0 Å². The van der Waals surface area contributed by atoms with E-state index in [0.29, 0.717) is 6.42 Å². The van der Waals surface area contributed by atoms with Crippen molar-refractivity contribution in [2.24, 2.45) is 0 Å². The van der Waals surface area contributed by atoms with Gasteiger partial charge in [-0.3, -0.25) is 14.4 Å². The van der Waals surface area contributed by atoms with Crippen LogP contribution < -0.4 is 5.32 Å². The quantitative estimate of drug-likeness (QED) is 0.796. The van der Waals surface area contributed by atoms with E-state index in [1.54, 1.807) is 0 Å². The summed E-state index contributed by atoms with van der Waals surface area (Å²) in [6, 6.07) is 10.0. The summed E-state index contributed by atoms with van der Waals surface area (Å²) in [5, 5.41) is 17.1. The van der Waals surface area contributed by atoms with E-state index in [-0.39, 0.29) is 18.6 Å². The van der Waals surface area contributed by atoms with Gasteiger partial charge in [0, 0.05) is 50.3 Å². The Morgan fingerprint density at radius 1 is 1.35 bits per heavy atom. The molecule has 1 atom stereocenters. The van der Waals surface area contributed by atoms with Crippen molar-refractivity contribution < 1.29 is 9.90 Å². The summed E-state index contributed by atoms with van der Waals surface area (Å²) in [6.45, 7) is 7.26. The summed E-state index contributed by atoms with van der Waals surface area (Å²) in [6.07, 6.45) is 1.39. The van der Waals surface area contributed by atoms with Crippen molar-refractivity contribution >= 4 is 5.91 Å². The van der Waals surface area contributed by atoms with E-state index in [1.807, 2.05) is 41.9 Å². The summed E-state index contributed by atoms with van der Waals surface area (Å²) < 4.78 is 1.99. The second-order valence-electron chi connectivity index (χ2n) is 6.82. The van der Waals surface area contributed by atoms with Crippen molar-refractivity contribution in [2.75, 3.05) is 13.1 Å². The van der Waals surface area contributed by atoms with Gasteiger partial charge in [0.1, 0.15) is 0 Å². The maximum Gasteiger partial charge on any atom is 0.221 e. The minimum atomic E-state index is -0.0295. The molecule has 0 aliphatic carbocycles. The molecule has 1 aliphatic heterocycles. The van der Waals surface area contributed by atoms with Gasteiger partial charge in [-0.1, -0.05) is 30.3 Å². The second kappa shape index (κ2) is 8.47. The molecule has 1 amide bonds. The Bertz CT molecular complexity index is 742. The monoisotopic (exact) mass is 356 g/mol. The van der Waals surface area contributed by atoms with E-state index in [9.17, 15) is 9.90 Å². The van der Waals surface area contributed by atoms with Crippen LogP contribution >= 0.6 is 0 Å². The lowest BCUT2D eigenvalue weighted by Crippen LogP contribution is -2.35. The molecule has 6 heteroatoms. The number of amides is 1. The van der Waals surface area contributed by atoms with Crippen LogP contribution in [0.1, 0.15) is 48.8 Å². The van der Waals surface area contributed by atoms with E-state index < -0.39 is 0 Å². The van der Waals surface area contributed by atoms with E-state index >= 15 is 0 Å². The molecule has 1 aliphatic rings. The number of hydrogen-bond donors (Lipinski definition) is 2. The van der Waals surface area contributed by atoms with Crippen LogP contribution in [-0.4, -0.2) is 38.8 Å². The highest BCUT2D eigenvalue weighted by Gasteiger charge is 2.24. The number of aromatic nitrogens is 2. The summed E-state index contributed by atoms with van der Waals surface area (Å²) in [5.74, 6) is 0.0683. The molecule has 0 radical (unpaired) electrons. The van der Waals surface area contributed by atoms with Gasteiger partial charge in [0.05, 0.1) is 18.3 Å². The molecule has 140 valence electrons. The molecule has 2 aromatic rings. The largest absolute Gasteiger partial charge is 0.390 e. The molecule has 0 saturated heterocycles. The van der Waals surface area contributed by atoms with Gasteiger partial charge in [-0.05, 0) is 19.4 Å². The number of aryl methyl sites for hydroxylation is 1. The van der Waals surface area contributed by atoms with E-state index in [0.717, 1.165) is 49.4 Å². The minimum Gasteiger partial charge on any atom is -0.390 e. The highest BCUT2D eigenvalue weighted by atomic mass is 16.3. The van der Waals surface area contributed by atoms with E-state index in [2.05, 4.69) is 22.2 Å². The van der Waals surface area contributed by atoms with Gasteiger partial charge >= 0.3 is 0 Å². The topological polar surface area (TPSA) is 70.4 Å². The van der Waals surface area contributed by atoms with Crippen molar-refractivity contribution in [1.29, 1.82) is 0 Å². The fraction of sp³-hybridized carbons (Fsp3) is 0.500. The number of aliphatic hydroxyl groups is 1. The molecule has 1 unspecified atom stereocenters. The van der Waals surface area contributed by atoms with Crippen LogP contribution in [0.3, 0.4) is 0 Å². The van der Waals surface area contributed by atoms with Crippen LogP contribution in [0.4, 0.5) is 0 Å². The molecule has 1 aromatic heterocycles. The minimum absolute atomic E-state index is 0.0143. The lowest BCUT2D eigenvalue weighted by atomic mass is 10.0. The molecule has 0 saturated carbocycles. The smallest absolute Gasteiger partial charge is 0.221 e. The predicted molar refractivity (Wildman–Crippen MR) is 100 cm³/mol. The fourth-order valence-corrected chi connectivity index (χ4v) is 3.60. The average molecular weight is 356 g/mol. The highest BCUT2D eigenvalue weighted by Crippen LogP contribution is 2.23. The van der Waals surface area contributed by atoms with Crippen LogP contribution in [0.15, 0.2) is 30.3 Å². The standard InChI is InChI=1S/C20H28N4O2/c1-3-24-19-9-11-23(13-17(19)18(14-25)22-24)12-10-20(26)21-15(2)16-7-5-4-6-8-16/h4-8,15,25H,3,9-14H2,1-2H3,(H,21,26). The van der Waals surface area contributed by atoms with Gasteiger partial charge < -0.3 is 10.4 Å². The van der Waals surface area contributed by atoms with Crippen LogP contribution in [-0.2, 0) is 30.9 Å². The summed E-state index contributed by atoms with van der Waals surface area (Å²) in [5.41, 5.74) is 4.25. The first kappa shape index (κ1) is 18.6. The molecule has 2 heterocycles. The number of rotatable bonds is 7.